The average molecular weight is 385 g/mol. The highest BCUT2D eigenvalue weighted by atomic mass is 79.9. The Morgan fingerprint density at radius 3 is 2.67 bits per heavy atom. The van der Waals surface area contributed by atoms with Crippen molar-refractivity contribution in [2.75, 3.05) is 5.32 Å². The van der Waals surface area contributed by atoms with E-state index < -0.39 is 0 Å². The Balaban J connectivity index is 1.86. The molecule has 1 aliphatic carbocycles. The Morgan fingerprint density at radius 2 is 1.96 bits per heavy atom. The average Bonchev–Trinajstić information content (AvgIpc) is 3.05. The van der Waals surface area contributed by atoms with Crippen molar-refractivity contribution in [1.29, 1.82) is 0 Å². The number of rotatable bonds is 2. The van der Waals surface area contributed by atoms with Gasteiger partial charge in [0.05, 0.1) is 16.5 Å². The zero-order valence-corrected chi connectivity index (χ0v) is 14.8. The molecule has 4 rings (SSSR count). The molecule has 2 aromatic carbocycles. The van der Waals surface area contributed by atoms with E-state index in [4.69, 9.17) is 0 Å². The summed E-state index contributed by atoms with van der Waals surface area (Å²) >= 11 is 3.48. The van der Waals surface area contributed by atoms with Crippen molar-refractivity contribution < 1.29 is 4.92 Å². The molecule has 0 spiro atoms. The number of fused-ring (bicyclic) bond motifs is 3. The maximum atomic E-state index is 11.5. The monoisotopic (exact) mass is 384 g/mol. The van der Waals surface area contributed by atoms with Gasteiger partial charge in [0.25, 0.3) is 5.69 Å². The third kappa shape index (κ3) is 2.35. The molecule has 0 bridgehead atoms. The molecule has 1 aliphatic heterocycles. The maximum Gasteiger partial charge on any atom is 0.275 e. The van der Waals surface area contributed by atoms with Gasteiger partial charge in [0.2, 0.25) is 0 Å². The van der Waals surface area contributed by atoms with Crippen LogP contribution in [0, 0.1) is 23.0 Å². The van der Waals surface area contributed by atoms with Crippen LogP contribution in [0.2, 0.25) is 0 Å². The zero-order chi connectivity index (χ0) is 16.8. The summed E-state index contributed by atoms with van der Waals surface area (Å²) in [6.45, 7) is 2.01. The van der Waals surface area contributed by atoms with Gasteiger partial charge in [-0.05, 0) is 42.5 Å². The number of anilines is 1. The van der Waals surface area contributed by atoms with Crippen molar-refractivity contribution in [3.63, 3.8) is 0 Å². The first-order chi connectivity index (χ1) is 11.6. The minimum Gasteiger partial charge on any atom is -0.377 e. The Kier molecular flexibility index (Phi) is 3.68. The van der Waals surface area contributed by atoms with Crippen LogP contribution in [0.25, 0.3) is 0 Å². The molecule has 0 unspecified atom stereocenters. The second-order valence-corrected chi connectivity index (χ2v) is 7.39. The van der Waals surface area contributed by atoms with E-state index in [1.807, 2.05) is 25.1 Å². The van der Waals surface area contributed by atoms with Crippen LogP contribution in [0.4, 0.5) is 11.4 Å². The summed E-state index contributed by atoms with van der Waals surface area (Å²) < 4.78 is 1.05. The number of halogens is 1. The lowest BCUT2D eigenvalue weighted by atomic mass is 9.76. The molecule has 0 aromatic heterocycles. The van der Waals surface area contributed by atoms with Crippen LogP contribution >= 0.6 is 15.9 Å². The van der Waals surface area contributed by atoms with E-state index in [1.54, 1.807) is 6.07 Å². The third-order valence-corrected chi connectivity index (χ3v) is 5.66. The van der Waals surface area contributed by atoms with Crippen molar-refractivity contribution >= 4 is 27.3 Å². The fourth-order valence-electron chi connectivity index (χ4n) is 3.99. The molecule has 2 aromatic rings. The summed E-state index contributed by atoms with van der Waals surface area (Å²) in [7, 11) is 0. The molecule has 5 heteroatoms. The summed E-state index contributed by atoms with van der Waals surface area (Å²) in [5.74, 6) is 0.398. The number of aryl methyl sites for hydroxylation is 1. The molecule has 1 N–H and O–H groups in total. The lowest BCUT2D eigenvalue weighted by molar-refractivity contribution is -0.385. The van der Waals surface area contributed by atoms with Crippen molar-refractivity contribution in [2.24, 2.45) is 5.92 Å². The summed E-state index contributed by atoms with van der Waals surface area (Å²) in [6, 6.07) is 12.0. The summed E-state index contributed by atoms with van der Waals surface area (Å²) in [5, 5.41) is 15.1. The van der Waals surface area contributed by atoms with E-state index in [9.17, 15) is 10.1 Å². The number of hydrogen-bond acceptors (Lipinski definition) is 3. The Morgan fingerprint density at radius 1 is 1.21 bits per heavy atom. The lowest BCUT2D eigenvalue weighted by Gasteiger charge is -2.38. The van der Waals surface area contributed by atoms with Gasteiger partial charge < -0.3 is 5.32 Å². The molecule has 4 nitrogen and oxygen atoms in total. The maximum absolute atomic E-state index is 11.5. The van der Waals surface area contributed by atoms with Crippen LogP contribution in [0.5, 0.6) is 0 Å². The Hall–Kier alpha value is -2.14. The second kappa shape index (κ2) is 5.74. The van der Waals surface area contributed by atoms with Crippen molar-refractivity contribution in [3.8, 4) is 0 Å². The number of nitro benzene ring substituents is 1. The quantitative estimate of drug-likeness (QED) is 0.422. The molecular weight excluding hydrogens is 368 g/mol. The van der Waals surface area contributed by atoms with Gasteiger partial charge in [-0.1, -0.05) is 46.3 Å². The van der Waals surface area contributed by atoms with E-state index >= 15 is 0 Å². The van der Waals surface area contributed by atoms with Crippen molar-refractivity contribution in [3.05, 3.63) is 79.8 Å². The van der Waals surface area contributed by atoms with Crippen LogP contribution in [0.1, 0.15) is 35.1 Å². The first-order valence-corrected chi connectivity index (χ1v) is 8.82. The predicted molar refractivity (Wildman–Crippen MR) is 98.3 cm³/mol. The smallest absolute Gasteiger partial charge is 0.275 e. The fourth-order valence-corrected chi connectivity index (χ4v) is 4.26. The predicted octanol–water partition coefficient (Wildman–Crippen LogP) is 5.49. The first kappa shape index (κ1) is 15.4. The fraction of sp³-hybridized carbons (Fsp3) is 0.263. The largest absolute Gasteiger partial charge is 0.377 e. The lowest BCUT2D eigenvalue weighted by Crippen LogP contribution is -2.30. The van der Waals surface area contributed by atoms with Gasteiger partial charge in [-0.25, -0.2) is 0 Å². The molecule has 0 amide bonds. The standard InChI is InChI=1S/C19H17BrN2O2/c1-11-5-10-16(22(23)24)17-14-3-2-4-15(14)19(21-18(11)17)12-6-8-13(20)9-7-12/h2-3,5-10,14-15,19,21H,4H2,1H3/t14-,15-,19+/m1/s1. The molecule has 3 atom stereocenters. The van der Waals surface area contributed by atoms with Gasteiger partial charge in [0.15, 0.2) is 0 Å². The highest BCUT2D eigenvalue weighted by Crippen LogP contribution is 2.53. The van der Waals surface area contributed by atoms with E-state index in [-0.39, 0.29) is 22.6 Å². The van der Waals surface area contributed by atoms with E-state index in [2.05, 4.69) is 45.5 Å². The van der Waals surface area contributed by atoms with Gasteiger partial charge >= 0.3 is 0 Å². The molecule has 122 valence electrons. The highest BCUT2D eigenvalue weighted by molar-refractivity contribution is 9.10. The normalized spacial score (nSPS) is 24.2. The number of benzene rings is 2. The van der Waals surface area contributed by atoms with Crippen LogP contribution in [0.3, 0.4) is 0 Å². The molecule has 0 saturated heterocycles. The van der Waals surface area contributed by atoms with Gasteiger partial charge in [-0.15, -0.1) is 0 Å². The number of hydrogen-bond donors (Lipinski definition) is 1. The molecule has 0 radical (unpaired) electrons. The summed E-state index contributed by atoms with van der Waals surface area (Å²) in [6.07, 6.45) is 5.23. The van der Waals surface area contributed by atoms with Crippen LogP contribution in [0.15, 0.2) is 53.0 Å². The van der Waals surface area contributed by atoms with E-state index in [1.165, 1.54) is 5.56 Å². The van der Waals surface area contributed by atoms with Crippen molar-refractivity contribution in [1.82, 2.24) is 0 Å². The number of nitrogens with one attached hydrogen (secondary N) is 1. The second-order valence-electron chi connectivity index (χ2n) is 6.47. The molecule has 0 saturated carbocycles. The summed E-state index contributed by atoms with van der Waals surface area (Å²) in [5.41, 5.74) is 4.25. The third-order valence-electron chi connectivity index (χ3n) is 5.13. The van der Waals surface area contributed by atoms with Crippen molar-refractivity contribution in [2.45, 2.75) is 25.3 Å². The number of nitrogens with zero attached hydrogens (tertiary/aromatic N) is 1. The zero-order valence-electron chi connectivity index (χ0n) is 13.2. The minimum absolute atomic E-state index is 0.0928. The minimum atomic E-state index is -0.261. The van der Waals surface area contributed by atoms with Crippen LogP contribution < -0.4 is 5.32 Å². The van der Waals surface area contributed by atoms with Gasteiger partial charge in [-0.3, -0.25) is 10.1 Å². The SMILES string of the molecule is Cc1ccc([N+](=O)[O-])c2c1N[C@@H](c1ccc(Br)cc1)[C@@H]1CC=C[C@@H]21. The van der Waals surface area contributed by atoms with Crippen LogP contribution in [-0.2, 0) is 0 Å². The molecule has 1 heterocycles. The molecule has 0 fully saturated rings. The van der Waals surface area contributed by atoms with E-state index in [0.717, 1.165) is 27.7 Å². The number of nitro groups is 1. The van der Waals surface area contributed by atoms with Gasteiger partial charge in [0, 0.05) is 22.1 Å². The molecule has 24 heavy (non-hydrogen) atoms. The van der Waals surface area contributed by atoms with Crippen LogP contribution in [-0.4, -0.2) is 4.92 Å². The highest BCUT2D eigenvalue weighted by Gasteiger charge is 2.42. The van der Waals surface area contributed by atoms with E-state index in [0.29, 0.717) is 5.92 Å². The Labute approximate surface area is 148 Å². The number of allylic oxidation sites excluding steroid dienone is 2. The molecular formula is C19H17BrN2O2. The summed E-state index contributed by atoms with van der Waals surface area (Å²) in [4.78, 5) is 11.2. The topological polar surface area (TPSA) is 55.2 Å². The van der Waals surface area contributed by atoms with Gasteiger partial charge in [-0.2, -0.15) is 0 Å². The van der Waals surface area contributed by atoms with Gasteiger partial charge in [0.1, 0.15) is 0 Å². The first-order valence-electron chi connectivity index (χ1n) is 8.03. The Bertz CT molecular complexity index is 845. The molecule has 2 aliphatic rings.